The van der Waals surface area contributed by atoms with Gasteiger partial charge in [0.1, 0.15) is 11.5 Å². The summed E-state index contributed by atoms with van der Waals surface area (Å²) in [7, 11) is 7.98. The van der Waals surface area contributed by atoms with Crippen LogP contribution in [0.3, 0.4) is 0 Å². The van der Waals surface area contributed by atoms with Crippen molar-refractivity contribution >= 4 is 40.4 Å². The van der Waals surface area contributed by atoms with Crippen molar-refractivity contribution in [1.82, 2.24) is 0 Å². The third kappa shape index (κ3) is 5.51. The van der Waals surface area contributed by atoms with Crippen molar-refractivity contribution in [1.29, 1.82) is 0 Å². The number of fused-ring (bicyclic) bond motifs is 7. The molecule has 292 valence electrons. The number of nitrogens with zero attached hydrogens (tertiary/aromatic N) is 3. The lowest BCUT2D eigenvalue weighted by atomic mass is 9.77. The van der Waals surface area contributed by atoms with E-state index in [9.17, 15) is 9.59 Å². The average molecular weight is 771 g/mol. The van der Waals surface area contributed by atoms with Crippen molar-refractivity contribution < 1.29 is 23.8 Å². The summed E-state index contributed by atoms with van der Waals surface area (Å²) in [6, 6.07) is 39.9. The molecule has 9 heteroatoms. The number of hydrogen-bond donors (Lipinski definition) is 1. The van der Waals surface area contributed by atoms with Crippen LogP contribution in [0.25, 0.3) is 0 Å². The highest BCUT2D eigenvalue weighted by molar-refractivity contribution is 5.98. The van der Waals surface area contributed by atoms with E-state index in [0.29, 0.717) is 22.6 Å². The van der Waals surface area contributed by atoms with Gasteiger partial charge in [0.05, 0.1) is 11.1 Å². The fraction of sp³-hybridized carbons (Fsp3) is 0.224. The van der Waals surface area contributed by atoms with Crippen molar-refractivity contribution in [3.8, 4) is 11.5 Å². The summed E-state index contributed by atoms with van der Waals surface area (Å²) >= 11 is 0. The first-order valence-electron chi connectivity index (χ1n) is 19.7. The quantitative estimate of drug-likeness (QED) is 0.145. The van der Waals surface area contributed by atoms with E-state index in [-0.39, 0.29) is 11.9 Å². The minimum absolute atomic E-state index is 0.361. The summed E-state index contributed by atoms with van der Waals surface area (Å²) in [6.07, 6.45) is 0. The Kier molecular flexibility index (Phi) is 8.73. The van der Waals surface area contributed by atoms with Crippen LogP contribution in [-0.4, -0.2) is 53.2 Å². The molecule has 0 radical (unpaired) electrons. The SMILES string of the molecule is CCN(CC)c1ccc2c(c1)Oc1cc(C)c(Nc3ccc(C4(c5ccc(N(C)C)cc5)OC(=O)c5ccc(N(C)C)cc54)cc3)cc1C21OC(=O)c2ccccc21. The topological polar surface area (TPSA) is 83.6 Å². The molecule has 3 heterocycles. The molecule has 9 rings (SSSR count). The average Bonchev–Trinajstić information content (AvgIpc) is 3.70. The van der Waals surface area contributed by atoms with E-state index in [1.807, 2.05) is 148 Å². The van der Waals surface area contributed by atoms with E-state index in [4.69, 9.17) is 14.2 Å². The first-order valence-corrected chi connectivity index (χ1v) is 19.7. The maximum atomic E-state index is 13.6. The molecule has 1 spiro atoms. The highest BCUT2D eigenvalue weighted by atomic mass is 16.6. The van der Waals surface area contributed by atoms with Gasteiger partial charge in [-0.05, 0) is 99.1 Å². The largest absolute Gasteiger partial charge is 0.456 e. The number of benzene rings is 6. The number of nitrogens with one attached hydrogen (secondary N) is 1. The van der Waals surface area contributed by atoms with E-state index in [2.05, 4.69) is 42.3 Å². The molecule has 0 aliphatic carbocycles. The fourth-order valence-corrected chi connectivity index (χ4v) is 8.79. The predicted octanol–water partition coefficient (Wildman–Crippen LogP) is 9.75. The van der Waals surface area contributed by atoms with Gasteiger partial charge in [0.2, 0.25) is 0 Å². The molecular weight excluding hydrogens is 725 g/mol. The zero-order chi connectivity index (χ0) is 40.5. The standard InChI is InChI=1S/C49H46N4O5/c1-8-53(9-2)36-23-25-40-45(28-36)56-44-26-30(3)43(29-42(44)49(40)39-13-11-10-12-37(39)46(54)58-49)50-33-18-14-31(15-19-33)48(32-16-20-34(21-17-32)51(4)5)41-27-35(52(6)7)22-24-38(41)47(55)57-48/h10-29,50H,8-9H2,1-7H3. The predicted molar refractivity (Wildman–Crippen MR) is 230 cm³/mol. The first kappa shape index (κ1) is 36.9. The summed E-state index contributed by atoms with van der Waals surface area (Å²) in [5.41, 5.74) is 9.17. The van der Waals surface area contributed by atoms with Crippen LogP contribution in [0.1, 0.15) is 73.5 Å². The molecule has 9 nitrogen and oxygen atoms in total. The number of rotatable bonds is 9. The fourth-order valence-electron chi connectivity index (χ4n) is 8.79. The van der Waals surface area contributed by atoms with Crippen LogP contribution in [0.4, 0.5) is 28.4 Å². The van der Waals surface area contributed by atoms with E-state index in [0.717, 1.165) is 80.5 Å². The molecule has 2 unspecified atom stereocenters. The number of carbonyl (C=O) groups is 2. The maximum absolute atomic E-state index is 13.6. The minimum Gasteiger partial charge on any atom is -0.456 e. The minimum atomic E-state index is -1.20. The Morgan fingerprint density at radius 2 is 1.14 bits per heavy atom. The second-order valence-corrected chi connectivity index (χ2v) is 15.6. The van der Waals surface area contributed by atoms with Crippen LogP contribution in [0.15, 0.2) is 121 Å². The number of cyclic esters (lactones) is 1. The number of anilines is 5. The summed E-state index contributed by atoms with van der Waals surface area (Å²) < 4.78 is 19.7. The van der Waals surface area contributed by atoms with Gasteiger partial charge in [-0.15, -0.1) is 0 Å². The second kappa shape index (κ2) is 13.7. The number of aryl methyl sites for hydroxylation is 1. The lowest BCUT2D eigenvalue weighted by Gasteiger charge is -2.37. The number of esters is 2. The summed E-state index contributed by atoms with van der Waals surface area (Å²) in [5, 5.41) is 3.65. The molecule has 6 aromatic carbocycles. The summed E-state index contributed by atoms with van der Waals surface area (Å²) in [4.78, 5) is 33.6. The Bertz CT molecular complexity index is 2610. The van der Waals surface area contributed by atoms with Gasteiger partial charge in [-0.2, -0.15) is 0 Å². The van der Waals surface area contributed by atoms with Crippen molar-refractivity contribution in [2.45, 2.75) is 32.0 Å². The normalized spacial score (nSPS) is 18.3. The third-order valence-corrected chi connectivity index (χ3v) is 11.9. The zero-order valence-corrected chi connectivity index (χ0v) is 33.8. The van der Waals surface area contributed by atoms with Crippen LogP contribution < -0.4 is 24.8 Å². The lowest BCUT2D eigenvalue weighted by Crippen LogP contribution is -2.33. The third-order valence-electron chi connectivity index (χ3n) is 11.9. The molecule has 3 aliphatic heterocycles. The Morgan fingerprint density at radius 3 is 1.81 bits per heavy atom. The van der Waals surface area contributed by atoms with Crippen molar-refractivity contribution in [2.24, 2.45) is 0 Å². The molecule has 0 aromatic heterocycles. The van der Waals surface area contributed by atoms with Crippen molar-refractivity contribution in [3.63, 3.8) is 0 Å². The van der Waals surface area contributed by atoms with Gasteiger partial charge in [-0.25, -0.2) is 9.59 Å². The molecule has 1 N–H and O–H groups in total. The number of hydrogen-bond acceptors (Lipinski definition) is 9. The van der Waals surface area contributed by atoms with Crippen LogP contribution in [0.2, 0.25) is 0 Å². The highest BCUT2D eigenvalue weighted by Crippen LogP contribution is 2.57. The van der Waals surface area contributed by atoms with Gasteiger partial charge in [0.15, 0.2) is 11.2 Å². The Hall–Kier alpha value is -6.74. The Morgan fingerprint density at radius 1 is 0.552 bits per heavy atom. The molecule has 0 saturated heterocycles. The number of ether oxygens (including phenoxy) is 3. The van der Waals surface area contributed by atoms with Crippen LogP contribution in [0.5, 0.6) is 11.5 Å². The Labute approximate surface area is 339 Å². The van der Waals surface area contributed by atoms with Crippen LogP contribution >= 0.6 is 0 Å². The van der Waals surface area contributed by atoms with E-state index >= 15 is 0 Å². The lowest BCUT2D eigenvalue weighted by molar-refractivity contribution is 0.0221. The first-order chi connectivity index (χ1) is 28.0. The van der Waals surface area contributed by atoms with E-state index in [1.165, 1.54) is 0 Å². The Balaban J connectivity index is 1.13. The summed E-state index contributed by atoms with van der Waals surface area (Å²) in [5.74, 6) is 0.563. The molecule has 2 atom stereocenters. The molecule has 0 fully saturated rings. The van der Waals surface area contributed by atoms with Crippen molar-refractivity contribution in [3.05, 3.63) is 171 Å². The highest BCUT2D eigenvalue weighted by Gasteiger charge is 2.54. The molecule has 0 saturated carbocycles. The van der Waals surface area contributed by atoms with E-state index < -0.39 is 11.2 Å². The summed E-state index contributed by atoms with van der Waals surface area (Å²) in [6.45, 7) is 8.00. The van der Waals surface area contributed by atoms with Crippen LogP contribution in [0, 0.1) is 6.92 Å². The molecule has 0 amide bonds. The second-order valence-electron chi connectivity index (χ2n) is 15.6. The van der Waals surface area contributed by atoms with Gasteiger partial charge in [-0.1, -0.05) is 42.5 Å². The smallest absolute Gasteiger partial charge is 0.340 e. The molecular formula is C49H46N4O5. The van der Waals surface area contributed by atoms with Crippen LogP contribution in [-0.2, 0) is 20.7 Å². The van der Waals surface area contributed by atoms with Gasteiger partial charge in [0, 0.05) is 109 Å². The monoisotopic (exact) mass is 770 g/mol. The van der Waals surface area contributed by atoms with Gasteiger partial charge in [-0.3, -0.25) is 0 Å². The van der Waals surface area contributed by atoms with Gasteiger partial charge < -0.3 is 34.2 Å². The van der Waals surface area contributed by atoms with Gasteiger partial charge >= 0.3 is 11.9 Å². The zero-order valence-electron chi connectivity index (χ0n) is 33.8. The maximum Gasteiger partial charge on any atom is 0.340 e. The van der Waals surface area contributed by atoms with Crippen molar-refractivity contribution in [2.75, 3.05) is 61.3 Å². The molecule has 6 aromatic rings. The number of carbonyl (C=O) groups excluding carboxylic acids is 2. The molecule has 58 heavy (non-hydrogen) atoms. The van der Waals surface area contributed by atoms with E-state index in [1.54, 1.807) is 0 Å². The molecule has 3 aliphatic rings. The molecule has 0 bridgehead atoms. The van der Waals surface area contributed by atoms with Gasteiger partial charge in [0.25, 0.3) is 0 Å².